The highest BCUT2D eigenvalue weighted by molar-refractivity contribution is 8.00. The average Bonchev–Trinajstić information content (AvgIpc) is 2.46. The summed E-state index contributed by atoms with van der Waals surface area (Å²) in [7, 11) is -3.75. The highest BCUT2D eigenvalue weighted by Crippen LogP contribution is 2.20. The van der Waals surface area contributed by atoms with Gasteiger partial charge in [0, 0.05) is 10.9 Å². The van der Waals surface area contributed by atoms with E-state index in [9.17, 15) is 13.2 Å². The van der Waals surface area contributed by atoms with E-state index in [1.165, 1.54) is 12.1 Å². The Hall–Kier alpha value is -1.09. The van der Waals surface area contributed by atoms with Crippen molar-refractivity contribution in [2.24, 2.45) is 5.14 Å². The molecule has 0 spiro atoms. The normalized spacial score (nSPS) is 16.6. The Morgan fingerprint density at radius 2 is 2.10 bits per heavy atom. The Labute approximate surface area is 128 Å². The first-order chi connectivity index (χ1) is 9.95. The Kier molecular flexibility index (Phi) is 5.63. The molecule has 1 heterocycles. The molecule has 1 aromatic rings. The number of nitrogens with two attached hydrogens (primary N) is 1. The van der Waals surface area contributed by atoms with Crippen molar-refractivity contribution in [1.29, 1.82) is 0 Å². The number of hydrogen-bond donors (Lipinski definition) is 3. The van der Waals surface area contributed by atoms with E-state index in [0.29, 0.717) is 16.7 Å². The van der Waals surface area contributed by atoms with E-state index in [0.717, 1.165) is 25.9 Å². The van der Waals surface area contributed by atoms with E-state index in [1.807, 2.05) is 0 Å². The SMILES string of the molecule is NS(=O)(=O)c1cccc(NC(=O)CSC2CCNCC2)c1. The predicted molar refractivity (Wildman–Crippen MR) is 84.8 cm³/mol. The van der Waals surface area contributed by atoms with Gasteiger partial charge in [0.1, 0.15) is 0 Å². The van der Waals surface area contributed by atoms with E-state index in [-0.39, 0.29) is 10.8 Å². The molecule has 0 radical (unpaired) electrons. The van der Waals surface area contributed by atoms with E-state index in [1.54, 1.807) is 23.9 Å². The number of nitrogens with one attached hydrogen (secondary N) is 2. The van der Waals surface area contributed by atoms with Crippen molar-refractivity contribution >= 4 is 33.4 Å². The van der Waals surface area contributed by atoms with Crippen LogP contribution in [0.4, 0.5) is 5.69 Å². The van der Waals surface area contributed by atoms with Gasteiger partial charge in [-0.2, -0.15) is 0 Å². The molecule has 0 bridgehead atoms. The second kappa shape index (κ2) is 7.26. The third-order valence-electron chi connectivity index (χ3n) is 3.18. The van der Waals surface area contributed by atoms with Gasteiger partial charge in [0.2, 0.25) is 15.9 Å². The third kappa shape index (κ3) is 5.31. The van der Waals surface area contributed by atoms with Crippen molar-refractivity contribution in [2.45, 2.75) is 23.0 Å². The van der Waals surface area contributed by atoms with Crippen molar-refractivity contribution in [1.82, 2.24) is 5.32 Å². The van der Waals surface area contributed by atoms with Gasteiger partial charge in [-0.3, -0.25) is 4.79 Å². The van der Waals surface area contributed by atoms with Crippen molar-refractivity contribution < 1.29 is 13.2 Å². The minimum absolute atomic E-state index is 0.00805. The largest absolute Gasteiger partial charge is 0.325 e. The molecular formula is C13H19N3O3S2. The van der Waals surface area contributed by atoms with Crippen LogP contribution >= 0.6 is 11.8 Å². The maximum absolute atomic E-state index is 11.9. The smallest absolute Gasteiger partial charge is 0.238 e. The predicted octanol–water partition coefficient (Wildman–Crippen LogP) is 0.758. The van der Waals surface area contributed by atoms with E-state index >= 15 is 0 Å². The number of thioether (sulfide) groups is 1. The fraction of sp³-hybridized carbons (Fsp3) is 0.462. The van der Waals surface area contributed by atoms with Gasteiger partial charge in [-0.15, -0.1) is 11.8 Å². The molecule has 8 heteroatoms. The minimum Gasteiger partial charge on any atom is -0.325 e. The standard InChI is InChI=1S/C13H19N3O3S2/c14-21(18,19)12-3-1-2-10(8-12)16-13(17)9-20-11-4-6-15-7-5-11/h1-3,8,11,15H,4-7,9H2,(H,16,17)(H2,14,18,19). The van der Waals surface area contributed by atoms with E-state index in [4.69, 9.17) is 5.14 Å². The lowest BCUT2D eigenvalue weighted by molar-refractivity contribution is -0.113. The summed E-state index contributed by atoms with van der Waals surface area (Å²) in [6.45, 7) is 1.99. The van der Waals surface area contributed by atoms with Crippen molar-refractivity contribution in [3.8, 4) is 0 Å². The van der Waals surface area contributed by atoms with Crippen LogP contribution in [0.2, 0.25) is 0 Å². The lowest BCUT2D eigenvalue weighted by atomic mass is 10.2. The van der Waals surface area contributed by atoms with Gasteiger partial charge < -0.3 is 10.6 Å². The summed E-state index contributed by atoms with van der Waals surface area (Å²) in [6, 6.07) is 5.95. The summed E-state index contributed by atoms with van der Waals surface area (Å²) in [5.41, 5.74) is 0.442. The highest BCUT2D eigenvalue weighted by atomic mass is 32.2. The molecule has 0 aliphatic carbocycles. The zero-order valence-electron chi connectivity index (χ0n) is 11.5. The monoisotopic (exact) mass is 329 g/mol. The molecule has 1 aliphatic heterocycles. The van der Waals surface area contributed by atoms with E-state index in [2.05, 4.69) is 10.6 Å². The number of rotatable bonds is 5. The minimum atomic E-state index is -3.75. The maximum atomic E-state index is 11.9. The highest BCUT2D eigenvalue weighted by Gasteiger charge is 2.15. The van der Waals surface area contributed by atoms with Crippen LogP contribution in [0.5, 0.6) is 0 Å². The van der Waals surface area contributed by atoms with Crippen LogP contribution in [0, 0.1) is 0 Å². The van der Waals surface area contributed by atoms with E-state index < -0.39 is 10.0 Å². The number of carbonyl (C=O) groups excluding carboxylic acids is 1. The topological polar surface area (TPSA) is 101 Å². The summed E-state index contributed by atoms with van der Waals surface area (Å²) in [5, 5.41) is 11.5. The fourth-order valence-electron chi connectivity index (χ4n) is 2.10. The number of primary sulfonamides is 1. The summed E-state index contributed by atoms with van der Waals surface area (Å²) in [5.74, 6) is 0.231. The van der Waals surface area contributed by atoms with Gasteiger partial charge in [0.15, 0.2) is 0 Å². The fourth-order valence-corrected chi connectivity index (χ4v) is 3.69. The van der Waals surface area contributed by atoms with Gasteiger partial charge in [-0.05, 0) is 44.1 Å². The third-order valence-corrected chi connectivity index (χ3v) is 5.47. The molecule has 21 heavy (non-hydrogen) atoms. The van der Waals surface area contributed by atoms with Gasteiger partial charge in [0.05, 0.1) is 10.6 Å². The number of hydrogen-bond acceptors (Lipinski definition) is 5. The number of piperidine rings is 1. The van der Waals surface area contributed by atoms with Crippen LogP contribution in [0.3, 0.4) is 0 Å². The Morgan fingerprint density at radius 3 is 2.76 bits per heavy atom. The van der Waals surface area contributed by atoms with Crippen LogP contribution in [0.25, 0.3) is 0 Å². The molecule has 116 valence electrons. The second-order valence-electron chi connectivity index (χ2n) is 4.88. The first-order valence-electron chi connectivity index (χ1n) is 6.70. The lowest BCUT2D eigenvalue weighted by Crippen LogP contribution is -2.30. The molecule has 1 aromatic carbocycles. The average molecular weight is 329 g/mol. The summed E-state index contributed by atoms with van der Waals surface area (Å²) in [4.78, 5) is 11.9. The maximum Gasteiger partial charge on any atom is 0.238 e. The van der Waals surface area contributed by atoms with Gasteiger partial charge in [-0.1, -0.05) is 6.07 Å². The number of carbonyl (C=O) groups is 1. The zero-order chi connectivity index (χ0) is 15.3. The molecule has 2 rings (SSSR count). The number of anilines is 1. The van der Waals surface area contributed by atoms with Crippen LogP contribution in [0.15, 0.2) is 29.2 Å². The molecule has 4 N–H and O–H groups in total. The first kappa shape index (κ1) is 16.3. The number of sulfonamides is 1. The van der Waals surface area contributed by atoms with Crippen LogP contribution in [0.1, 0.15) is 12.8 Å². The molecule has 6 nitrogen and oxygen atoms in total. The van der Waals surface area contributed by atoms with Gasteiger partial charge >= 0.3 is 0 Å². The molecule has 1 amide bonds. The summed E-state index contributed by atoms with van der Waals surface area (Å²) < 4.78 is 22.5. The Morgan fingerprint density at radius 1 is 1.38 bits per heavy atom. The molecule has 1 fully saturated rings. The Bertz CT molecular complexity index is 598. The molecule has 0 unspecified atom stereocenters. The molecule has 1 aliphatic rings. The summed E-state index contributed by atoms with van der Waals surface area (Å²) in [6.07, 6.45) is 2.14. The lowest BCUT2D eigenvalue weighted by Gasteiger charge is -2.21. The van der Waals surface area contributed by atoms with Crippen molar-refractivity contribution in [3.63, 3.8) is 0 Å². The number of amides is 1. The van der Waals surface area contributed by atoms with Gasteiger partial charge in [0.25, 0.3) is 0 Å². The molecule has 0 aromatic heterocycles. The Balaban J connectivity index is 1.87. The second-order valence-corrected chi connectivity index (χ2v) is 7.73. The van der Waals surface area contributed by atoms with Crippen LogP contribution < -0.4 is 15.8 Å². The van der Waals surface area contributed by atoms with Gasteiger partial charge in [-0.25, -0.2) is 13.6 Å². The molecule has 0 atom stereocenters. The van der Waals surface area contributed by atoms with Crippen LogP contribution in [-0.4, -0.2) is 38.4 Å². The number of benzene rings is 1. The molecule has 1 saturated heterocycles. The van der Waals surface area contributed by atoms with Crippen molar-refractivity contribution in [2.75, 3.05) is 24.2 Å². The quantitative estimate of drug-likeness (QED) is 0.740. The van der Waals surface area contributed by atoms with Crippen LogP contribution in [-0.2, 0) is 14.8 Å². The molecule has 0 saturated carbocycles. The first-order valence-corrected chi connectivity index (χ1v) is 9.30. The van der Waals surface area contributed by atoms with Crippen molar-refractivity contribution in [3.05, 3.63) is 24.3 Å². The zero-order valence-corrected chi connectivity index (χ0v) is 13.2. The summed E-state index contributed by atoms with van der Waals surface area (Å²) >= 11 is 1.64. The molecular weight excluding hydrogens is 310 g/mol.